The third kappa shape index (κ3) is 8.27. The van der Waals surface area contributed by atoms with Crippen LogP contribution in [0.3, 0.4) is 0 Å². The molecule has 41 heavy (non-hydrogen) atoms. The molecule has 2 amide bonds. The Hall–Kier alpha value is -3.97. The molecule has 1 saturated heterocycles. The minimum Gasteiger partial charge on any atom is -0.467 e. The summed E-state index contributed by atoms with van der Waals surface area (Å²) in [6.45, 7) is 2.31. The van der Waals surface area contributed by atoms with Gasteiger partial charge in [0.25, 0.3) is 0 Å². The maximum absolute atomic E-state index is 13.7. The molecule has 0 bridgehead atoms. The van der Waals surface area contributed by atoms with Gasteiger partial charge in [0, 0.05) is 39.6 Å². The van der Waals surface area contributed by atoms with E-state index in [1.54, 1.807) is 0 Å². The number of likely N-dealkylation sites (N-methyl/N-ethyl adjacent to an activating group) is 1. The fourth-order valence-electron chi connectivity index (χ4n) is 5.51. The van der Waals surface area contributed by atoms with Crippen LogP contribution < -0.4 is 5.32 Å². The summed E-state index contributed by atoms with van der Waals surface area (Å²) in [6.07, 6.45) is 2.55. The number of nitrogens with one attached hydrogen (secondary N) is 1. The highest BCUT2D eigenvalue weighted by molar-refractivity contribution is 5.88. The quantitative estimate of drug-likeness (QED) is 0.339. The Kier molecular flexibility index (Phi) is 10.7. The third-order valence-corrected chi connectivity index (χ3v) is 8.04. The van der Waals surface area contributed by atoms with Gasteiger partial charge in [-0.1, -0.05) is 91.0 Å². The number of hydrogen-bond acceptors (Lipinski definition) is 5. The molecule has 7 nitrogen and oxygen atoms in total. The van der Waals surface area contributed by atoms with Crippen molar-refractivity contribution in [2.45, 2.75) is 43.6 Å². The maximum atomic E-state index is 13.7. The Morgan fingerprint density at radius 2 is 1.39 bits per heavy atom. The van der Waals surface area contributed by atoms with E-state index in [9.17, 15) is 14.4 Å². The van der Waals surface area contributed by atoms with E-state index in [2.05, 4.69) is 22.3 Å². The number of likely N-dealkylation sites (tertiary alicyclic amines) is 1. The lowest BCUT2D eigenvalue weighted by atomic mass is 9.86. The lowest BCUT2D eigenvalue weighted by Crippen LogP contribution is -2.60. The summed E-state index contributed by atoms with van der Waals surface area (Å²) in [6, 6.07) is 29.9. The van der Waals surface area contributed by atoms with Crippen LogP contribution in [0, 0.1) is 0 Å². The summed E-state index contributed by atoms with van der Waals surface area (Å²) in [7, 11) is 3.23. The Labute approximate surface area is 243 Å². The molecule has 1 fully saturated rings. The second-order valence-electron chi connectivity index (χ2n) is 10.9. The summed E-state index contributed by atoms with van der Waals surface area (Å²) in [5, 5.41) is 3.02. The number of hydrogen-bond donors (Lipinski definition) is 1. The van der Waals surface area contributed by atoms with Crippen molar-refractivity contribution < 1.29 is 19.1 Å². The monoisotopic (exact) mass is 555 g/mol. The van der Waals surface area contributed by atoms with Crippen LogP contribution in [-0.2, 0) is 32.0 Å². The van der Waals surface area contributed by atoms with E-state index in [0.29, 0.717) is 51.9 Å². The van der Waals surface area contributed by atoms with E-state index in [1.807, 2.05) is 90.8 Å². The minimum atomic E-state index is -1.06. The number of benzene rings is 3. The van der Waals surface area contributed by atoms with Crippen LogP contribution in [0.4, 0.5) is 0 Å². The maximum Gasteiger partial charge on any atom is 0.331 e. The van der Waals surface area contributed by atoms with Gasteiger partial charge in [-0.05, 0) is 42.4 Å². The number of ether oxygens (including phenoxy) is 1. The SMILES string of the molecule is COC(=O)C1(NC(=O)CCc2ccccc2)CCN(CC(C(=O)N(C)CCc2ccccc2)c2ccccc2)CC1. The smallest absolute Gasteiger partial charge is 0.331 e. The summed E-state index contributed by atoms with van der Waals surface area (Å²) in [5.74, 6) is -0.833. The zero-order chi connectivity index (χ0) is 29.1. The van der Waals surface area contributed by atoms with Gasteiger partial charge in [-0.2, -0.15) is 0 Å². The highest BCUT2D eigenvalue weighted by Crippen LogP contribution is 2.28. The number of piperidine rings is 1. The number of esters is 1. The van der Waals surface area contributed by atoms with E-state index >= 15 is 0 Å². The first-order valence-corrected chi connectivity index (χ1v) is 14.4. The van der Waals surface area contributed by atoms with Crippen LogP contribution in [-0.4, -0.2) is 73.5 Å². The average Bonchev–Trinajstić information content (AvgIpc) is 3.03. The third-order valence-electron chi connectivity index (χ3n) is 8.04. The van der Waals surface area contributed by atoms with Gasteiger partial charge in [0.2, 0.25) is 11.8 Å². The van der Waals surface area contributed by atoms with E-state index < -0.39 is 11.5 Å². The van der Waals surface area contributed by atoms with Crippen LogP contribution in [0.2, 0.25) is 0 Å². The molecule has 0 saturated carbocycles. The fraction of sp³-hybridized carbons (Fsp3) is 0.382. The molecule has 3 aromatic carbocycles. The number of aryl methyl sites for hydroxylation is 1. The zero-order valence-electron chi connectivity index (χ0n) is 24.1. The molecule has 0 aliphatic carbocycles. The zero-order valence-corrected chi connectivity index (χ0v) is 24.1. The van der Waals surface area contributed by atoms with E-state index in [0.717, 1.165) is 17.5 Å². The van der Waals surface area contributed by atoms with Gasteiger partial charge >= 0.3 is 5.97 Å². The summed E-state index contributed by atoms with van der Waals surface area (Å²) in [4.78, 5) is 43.6. The first kappa shape index (κ1) is 30.0. The first-order chi connectivity index (χ1) is 19.9. The molecular weight excluding hydrogens is 514 g/mol. The van der Waals surface area contributed by atoms with Crippen molar-refractivity contribution in [2.75, 3.05) is 40.3 Å². The Bertz CT molecular complexity index is 1260. The van der Waals surface area contributed by atoms with Crippen molar-refractivity contribution in [1.29, 1.82) is 0 Å². The first-order valence-electron chi connectivity index (χ1n) is 14.4. The molecule has 3 aromatic rings. The van der Waals surface area contributed by atoms with Crippen molar-refractivity contribution >= 4 is 17.8 Å². The van der Waals surface area contributed by atoms with E-state index in [-0.39, 0.29) is 17.7 Å². The Morgan fingerprint density at radius 3 is 1.95 bits per heavy atom. The second-order valence-corrected chi connectivity index (χ2v) is 10.9. The topological polar surface area (TPSA) is 79.0 Å². The average molecular weight is 556 g/mol. The van der Waals surface area contributed by atoms with Gasteiger partial charge in [0.1, 0.15) is 5.54 Å². The molecule has 1 aliphatic rings. The molecule has 1 heterocycles. The number of amides is 2. The van der Waals surface area contributed by atoms with Crippen molar-refractivity contribution in [1.82, 2.24) is 15.1 Å². The fourth-order valence-corrected chi connectivity index (χ4v) is 5.51. The molecule has 7 heteroatoms. The number of nitrogens with zero attached hydrogens (tertiary/aromatic N) is 2. The van der Waals surface area contributed by atoms with Crippen molar-refractivity contribution in [3.8, 4) is 0 Å². The van der Waals surface area contributed by atoms with Crippen molar-refractivity contribution in [3.05, 3.63) is 108 Å². The predicted octanol–water partition coefficient (Wildman–Crippen LogP) is 4.23. The van der Waals surface area contributed by atoms with Gasteiger partial charge in [-0.25, -0.2) is 4.79 Å². The highest BCUT2D eigenvalue weighted by atomic mass is 16.5. The van der Waals surface area contributed by atoms with Crippen LogP contribution in [0.5, 0.6) is 0 Å². The molecule has 0 radical (unpaired) electrons. The largest absolute Gasteiger partial charge is 0.467 e. The molecule has 4 rings (SSSR count). The van der Waals surface area contributed by atoms with Crippen LogP contribution in [0.15, 0.2) is 91.0 Å². The summed E-state index contributed by atoms with van der Waals surface area (Å²) >= 11 is 0. The van der Waals surface area contributed by atoms with Crippen molar-refractivity contribution in [3.63, 3.8) is 0 Å². The van der Waals surface area contributed by atoms with Gasteiger partial charge in [0.05, 0.1) is 13.0 Å². The van der Waals surface area contributed by atoms with E-state index in [4.69, 9.17) is 4.74 Å². The Balaban J connectivity index is 1.39. The minimum absolute atomic E-state index is 0.0751. The number of rotatable bonds is 12. The molecule has 216 valence electrons. The van der Waals surface area contributed by atoms with Crippen LogP contribution >= 0.6 is 0 Å². The molecule has 0 spiro atoms. The van der Waals surface area contributed by atoms with Gasteiger partial charge < -0.3 is 19.9 Å². The molecule has 1 aliphatic heterocycles. The van der Waals surface area contributed by atoms with Gasteiger partial charge in [0.15, 0.2) is 0 Å². The van der Waals surface area contributed by atoms with Crippen LogP contribution in [0.1, 0.15) is 41.9 Å². The highest BCUT2D eigenvalue weighted by Gasteiger charge is 2.44. The number of carbonyl (C=O) groups is 3. The normalized spacial score (nSPS) is 15.5. The van der Waals surface area contributed by atoms with E-state index in [1.165, 1.54) is 12.7 Å². The van der Waals surface area contributed by atoms with Gasteiger partial charge in [-0.15, -0.1) is 0 Å². The number of methoxy groups -OCH3 is 1. The molecule has 1 N–H and O–H groups in total. The molecule has 0 aromatic heterocycles. The molecule has 1 unspecified atom stereocenters. The standard InChI is InChI=1S/C34H41N3O4/c1-36(23-20-28-14-8-4-9-15-28)32(39)30(29-16-10-5-11-17-29)26-37-24-21-34(22-25-37,33(40)41-2)35-31(38)19-18-27-12-6-3-7-13-27/h3-17,30H,18-26H2,1-2H3,(H,35,38). The van der Waals surface area contributed by atoms with Gasteiger partial charge in [-0.3, -0.25) is 9.59 Å². The Morgan fingerprint density at radius 1 is 0.854 bits per heavy atom. The summed E-state index contributed by atoms with van der Waals surface area (Å²) < 4.78 is 5.14. The second kappa shape index (κ2) is 14.6. The van der Waals surface area contributed by atoms with Crippen LogP contribution in [0.25, 0.3) is 0 Å². The lowest BCUT2D eigenvalue weighted by Gasteiger charge is -2.41. The molecule has 1 atom stereocenters. The van der Waals surface area contributed by atoms with Crippen molar-refractivity contribution in [2.24, 2.45) is 0 Å². The number of carbonyl (C=O) groups excluding carboxylic acids is 3. The predicted molar refractivity (Wildman–Crippen MR) is 160 cm³/mol. The lowest BCUT2D eigenvalue weighted by molar-refractivity contribution is -0.153. The molecular formula is C34H41N3O4. The summed E-state index contributed by atoms with van der Waals surface area (Å²) in [5.41, 5.74) is 2.19.